The van der Waals surface area contributed by atoms with Crippen LogP contribution in [-0.4, -0.2) is 9.67 Å². The fraction of sp³-hybridized carbons (Fsp3) is 0.733. The van der Waals surface area contributed by atoms with Crippen molar-refractivity contribution < 1.29 is 5.11 Å². The van der Waals surface area contributed by atoms with E-state index in [0.717, 1.165) is 18.4 Å². The lowest BCUT2D eigenvalue weighted by Gasteiger charge is -2.35. The largest absolute Gasteiger partial charge is 0.388 e. The minimum absolute atomic E-state index is 0.208. The van der Waals surface area contributed by atoms with Crippen LogP contribution in [0.3, 0.4) is 0 Å². The fourth-order valence-corrected chi connectivity index (χ4v) is 2.85. The Kier molecular flexibility index (Phi) is 3.11. The van der Waals surface area contributed by atoms with E-state index in [9.17, 15) is 5.11 Å². The van der Waals surface area contributed by atoms with Gasteiger partial charge < -0.3 is 9.67 Å². The molecule has 1 aliphatic rings. The smallest absolute Gasteiger partial charge is 0.0812 e. The van der Waals surface area contributed by atoms with Gasteiger partial charge in [-0.2, -0.15) is 0 Å². The van der Waals surface area contributed by atoms with Gasteiger partial charge in [0, 0.05) is 23.5 Å². The van der Waals surface area contributed by atoms with E-state index >= 15 is 0 Å². The van der Waals surface area contributed by atoms with Crippen LogP contribution >= 0.6 is 0 Å². The van der Waals surface area contributed by atoms with Gasteiger partial charge in [0.25, 0.3) is 0 Å². The molecular formula is C15H25NO. The summed E-state index contributed by atoms with van der Waals surface area (Å²) in [5, 5.41) is 10.2. The third kappa shape index (κ3) is 2.28. The second-order valence-electron chi connectivity index (χ2n) is 6.67. The monoisotopic (exact) mass is 235 g/mol. The minimum atomic E-state index is -0.283. The normalized spacial score (nSPS) is 24.8. The third-order valence-corrected chi connectivity index (χ3v) is 4.21. The second-order valence-corrected chi connectivity index (χ2v) is 6.67. The van der Waals surface area contributed by atoms with Crippen LogP contribution in [0.5, 0.6) is 0 Å². The van der Waals surface area contributed by atoms with Gasteiger partial charge in [0.15, 0.2) is 0 Å². The highest BCUT2D eigenvalue weighted by Gasteiger charge is 2.33. The van der Waals surface area contributed by atoms with E-state index in [2.05, 4.69) is 51.4 Å². The summed E-state index contributed by atoms with van der Waals surface area (Å²) in [6, 6.07) is 2.61. The van der Waals surface area contributed by atoms with E-state index in [1.807, 2.05) is 0 Å². The molecule has 0 radical (unpaired) electrons. The highest BCUT2D eigenvalue weighted by molar-refractivity contribution is 5.29. The Bertz CT molecular complexity index is 403. The van der Waals surface area contributed by atoms with Crippen LogP contribution in [-0.2, 0) is 6.42 Å². The molecule has 2 nitrogen and oxygen atoms in total. The molecule has 17 heavy (non-hydrogen) atoms. The average molecular weight is 235 g/mol. The molecule has 2 rings (SSSR count). The van der Waals surface area contributed by atoms with Gasteiger partial charge in [-0.3, -0.25) is 0 Å². The molecule has 2 unspecified atom stereocenters. The first-order valence-electron chi connectivity index (χ1n) is 6.69. The Labute approximate surface area is 105 Å². The quantitative estimate of drug-likeness (QED) is 0.830. The summed E-state index contributed by atoms with van der Waals surface area (Å²) < 4.78 is 2.37. The summed E-state index contributed by atoms with van der Waals surface area (Å²) in [5.74, 6) is 0.619. The van der Waals surface area contributed by atoms with Crippen molar-refractivity contribution in [1.82, 2.24) is 4.57 Å². The van der Waals surface area contributed by atoms with Crippen LogP contribution in [0.15, 0.2) is 12.3 Å². The van der Waals surface area contributed by atoms with Crippen molar-refractivity contribution >= 4 is 0 Å². The molecule has 0 saturated heterocycles. The van der Waals surface area contributed by atoms with Crippen molar-refractivity contribution in [2.45, 2.75) is 59.6 Å². The standard InChI is InChI=1S/C15H25NO/c1-10(2)11(3)16-7-6-12-13(16)8-15(4,5)9-14(12)17/h6-7,10-11,14,17H,8-9H2,1-5H3. The van der Waals surface area contributed by atoms with Gasteiger partial charge in [-0.15, -0.1) is 0 Å². The molecule has 0 bridgehead atoms. The van der Waals surface area contributed by atoms with E-state index < -0.39 is 0 Å². The van der Waals surface area contributed by atoms with Gasteiger partial charge in [-0.25, -0.2) is 0 Å². The predicted molar refractivity (Wildman–Crippen MR) is 71.0 cm³/mol. The highest BCUT2D eigenvalue weighted by Crippen LogP contribution is 2.42. The number of hydrogen-bond acceptors (Lipinski definition) is 1. The summed E-state index contributed by atoms with van der Waals surface area (Å²) in [7, 11) is 0. The summed E-state index contributed by atoms with van der Waals surface area (Å²) in [6.07, 6.45) is 3.82. The van der Waals surface area contributed by atoms with Crippen molar-refractivity contribution in [3.63, 3.8) is 0 Å². The number of nitrogens with zero attached hydrogens (tertiary/aromatic N) is 1. The van der Waals surface area contributed by atoms with Crippen molar-refractivity contribution in [3.05, 3.63) is 23.5 Å². The average Bonchev–Trinajstić information content (AvgIpc) is 2.58. The van der Waals surface area contributed by atoms with Gasteiger partial charge in [0.1, 0.15) is 0 Å². The molecule has 0 aromatic carbocycles. The van der Waals surface area contributed by atoms with Crippen LogP contribution in [0.1, 0.15) is 64.4 Å². The fourth-order valence-electron chi connectivity index (χ4n) is 2.85. The lowest BCUT2D eigenvalue weighted by Crippen LogP contribution is -2.28. The Hall–Kier alpha value is -0.760. The zero-order valence-corrected chi connectivity index (χ0v) is 11.7. The van der Waals surface area contributed by atoms with E-state index in [1.165, 1.54) is 5.69 Å². The molecule has 0 spiro atoms. The van der Waals surface area contributed by atoms with Gasteiger partial charge in [0.05, 0.1) is 6.10 Å². The zero-order valence-electron chi connectivity index (χ0n) is 11.7. The van der Waals surface area contributed by atoms with E-state index in [0.29, 0.717) is 12.0 Å². The maximum Gasteiger partial charge on any atom is 0.0812 e. The molecule has 0 amide bonds. The summed E-state index contributed by atoms with van der Waals surface area (Å²) in [6.45, 7) is 11.3. The molecule has 96 valence electrons. The van der Waals surface area contributed by atoms with Gasteiger partial charge in [-0.1, -0.05) is 27.7 Å². The van der Waals surface area contributed by atoms with Crippen LogP contribution in [0.25, 0.3) is 0 Å². The molecule has 0 fully saturated rings. The maximum absolute atomic E-state index is 10.2. The van der Waals surface area contributed by atoms with Crippen molar-refractivity contribution in [3.8, 4) is 0 Å². The topological polar surface area (TPSA) is 25.2 Å². The zero-order chi connectivity index (χ0) is 12.8. The molecule has 1 N–H and O–H groups in total. The van der Waals surface area contributed by atoms with Crippen molar-refractivity contribution in [2.75, 3.05) is 0 Å². The summed E-state index contributed by atoms with van der Waals surface area (Å²) >= 11 is 0. The first-order chi connectivity index (χ1) is 7.82. The molecule has 1 heterocycles. The lowest BCUT2D eigenvalue weighted by molar-refractivity contribution is 0.0971. The van der Waals surface area contributed by atoms with Gasteiger partial charge >= 0.3 is 0 Å². The molecule has 0 aliphatic heterocycles. The Morgan fingerprint density at radius 1 is 1.35 bits per heavy atom. The SMILES string of the molecule is CC(C)C(C)n1ccc2c1CC(C)(C)CC2O. The van der Waals surface area contributed by atoms with Crippen molar-refractivity contribution in [2.24, 2.45) is 11.3 Å². The molecule has 1 aliphatic carbocycles. The van der Waals surface area contributed by atoms with Crippen LogP contribution in [0, 0.1) is 11.3 Å². The van der Waals surface area contributed by atoms with Gasteiger partial charge in [0.2, 0.25) is 0 Å². The lowest BCUT2D eigenvalue weighted by atomic mass is 9.75. The number of hydrogen-bond donors (Lipinski definition) is 1. The molecule has 0 saturated carbocycles. The van der Waals surface area contributed by atoms with E-state index in [1.54, 1.807) is 0 Å². The molecular weight excluding hydrogens is 210 g/mol. The third-order valence-electron chi connectivity index (χ3n) is 4.21. The Balaban J connectivity index is 2.40. The van der Waals surface area contributed by atoms with Crippen LogP contribution in [0.4, 0.5) is 0 Å². The predicted octanol–water partition coefficient (Wildman–Crippen LogP) is 3.71. The Morgan fingerprint density at radius 3 is 2.59 bits per heavy atom. The van der Waals surface area contributed by atoms with E-state index in [4.69, 9.17) is 0 Å². The number of fused-ring (bicyclic) bond motifs is 1. The molecule has 1 aromatic rings. The number of aliphatic hydroxyl groups excluding tert-OH is 1. The number of aliphatic hydroxyl groups is 1. The Morgan fingerprint density at radius 2 is 2.00 bits per heavy atom. The first kappa shape index (κ1) is 12.7. The van der Waals surface area contributed by atoms with Crippen LogP contribution < -0.4 is 0 Å². The van der Waals surface area contributed by atoms with Crippen molar-refractivity contribution in [1.29, 1.82) is 0 Å². The summed E-state index contributed by atoms with van der Waals surface area (Å²) in [4.78, 5) is 0. The molecule has 2 heteroatoms. The number of rotatable bonds is 2. The second kappa shape index (κ2) is 4.16. The summed E-state index contributed by atoms with van der Waals surface area (Å²) in [5.41, 5.74) is 2.70. The minimum Gasteiger partial charge on any atom is -0.388 e. The highest BCUT2D eigenvalue weighted by atomic mass is 16.3. The van der Waals surface area contributed by atoms with Gasteiger partial charge in [-0.05, 0) is 37.2 Å². The molecule has 1 aromatic heterocycles. The number of aromatic nitrogens is 1. The molecule has 2 atom stereocenters. The van der Waals surface area contributed by atoms with E-state index in [-0.39, 0.29) is 11.5 Å². The maximum atomic E-state index is 10.2. The first-order valence-corrected chi connectivity index (χ1v) is 6.69. The van der Waals surface area contributed by atoms with Crippen LogP contribution in [0.2, 0.25) is 0 Å².